The van der Waals surface area contributed by atoms with Gasteiger partial charge in [0, 0.05) is 25.6 Å². The third-order valence-electron chi connectivity index (χ3n) is 5.01. The summed E-state index contributed by atoms with van der Waals surface area (Å²) >= 11 is 0. The summed E-state index contributed by atoms with van der Waals surface area (Å²) in [4.78, 5) is 29.0. The molecule has 1 aromatic rings. The zero-order chi connectivity index (χ0) is 18.8. The highest BCUT2D eigenvalue weighted by Gasteiger charge is 2.34. The van der Waals surface area contributed by atoms with Crippen LogP contribution in [-0.2, 0) is 4.79 Å². The van der Waals surface area contributed by atoms with Gasteiger partial charge in [-0.15, -0.1) is 0 Å². The summed E-state index contributed by atoms with van der Waals surface area (Å²) in [6.45, 7) is 7.19. The van der Waals surface area contributed by atoms with Crippen LogP contribution < -0.4 is 10.2 Å². The molecule has 25 heavy (non-hydrogen) atoms. The molecule has 1 atom stereocenters. The molecule has 0 bridgehead atoms. The lowest BCUT2D eigenvalue weighted by Crippen LogP contribution is -2.47. The first kappa shape index (κ1) is 19.4. The zero-order valence-electron chi connectivity index (χ0n) is 16.3. The molecular formula is C20H31N3O2. The average molecular weight is 345 g/mol. The van der Waals surface area contributed by atoms with Gasteiger partial charge in [-0.2, -0.15) is 0 Å². The van der Waals surface area contributed by atoms with Gasteiger partial charge in [0.1, 0.15) is 0 Å². The van der Waals surface area contributed by atoms with Gasteiger partial charge in [0.05, 0.1) is 11.3 Å². The van der Waals surface area contributed by atoms with E-state index in [1.54, 1.807) is 18.0 Å². The number of benzene rings is 1. The molecule has 0 spiro atoms. The largest absolute Gasteiger partial charge is 0.349 e. The molecule has 5 heteroatoms. The third kappa shape index (κ3) is 4.82. The maximum atomic E-state index is 12.9. The van der Waals surface area contributed by atoms with E-state index in [-0.39, 0.29) is 29.2 Å². The quantitative estimate of drug-likeness (QED) is 0.827. The van der Waals surface area contributed by atoms with E-state index >= 15 is 0 Å². The molecule has 0 heterocycles. The van der Waals surface area contributed by atoms with Crippen LogP contribution >= 0.6 is 0 Å². The van der Waals surface area contributed by atoms with Gasteiger partial charge >= 0.3 is 0 Å². The van der Waals surface area contributed by atoms with E-state index in [9.17, 15) is 9.59 Å². The second kappa shape index (κ2) is 7.56. The Bertz CT molecular complexity index is 636. The van der Waals surface area contributed by atoms with Crippen molar-refractivity contribution < 1.29 is 9.59 Å². The molecule has 1 fully saturated rings. The minimum Gasteiger partial charge on any atom is -0.349 e. The summed E-state index contributed by atoms with van der Waals surface area (Å²) in [5.74, 6) is 0.0886. The van der Waals surface area contributed by atoms with Crippen LogP contribution in [0.5, 0.6) is 0 Å². The monoisotopic (exact) mass is 345 g/mol. The molecule has 0 aliphatic heterocycles. The fourth-order valence-electron chi connectivity index (χ4n) is 3.10. The van der Waals surface area contributed by atoms with Crippen LogP contribution in [-0.4, -0.2) is 50.4 Å². The molecule has 2 amide bonds. The molecule has 0 saturated heterocycles. The molecule has 1 N–H and O–H groups in total. The number of hydrogen-bond acceptors (Lipinski definition) is 3. The fourth-order valence-corrected chi connectivity index (χ4v) is 3.10. The number of para-hydroxylation sites is 1. The third-order valence-corrected chi connectivity index (χ3v) is 5.01. The van der Waals surface area contributed by atoms with E-state index in [2.05, 4.69) is 24.1 Å². The molecule has 0 aromatic heterocycles. The van der Waals surface area contributed by atoms with E-state index in [0.717, 1.165) is 19.4 Å². The van der Waals surface area contributed by atoms with Crippen LogP contribution in [0.2, 0.25) is 0 Å². The predicted molar refractivity (Wildman–Crippen MR) is 102 cm³/mol. The van der Waals surface area contributed by atoms with Crippen LogP contribution in [0.15, 0.2) is 24.3 Å². The van der Waals surface area contributed by atoms with E-state index in [1.807, 2.05) is 39.2 Å². The van der Waals surface area contributed by atoms with Gasteiger partial charge in [0.2, 0.25) is 5.91 Å². The smallest absolute Gasteiger partial charge is 0.253 e. The highest BCUT2D eigenvalue weighted by molar-refractivity contribution is 6.05. The summed E-state index contributed by atoms with van der Waals surface area (Å²) < 4.78 is 0. The first-order valence-corrected chi connectivity index (χ1v) is 8.95. The Morgan fingerprint density at radius 2 is 1.80 bits per heavy atom. The maximum Gasteiger partial charge on any atom is 0.253 e. The van der Waals surface area contributed by atoms with E-state index in [1.165, 1.54) is 0 Å². The Kier molecular flexibility index (Phi) is 5.88. The molecule has 5 nitrogen and oxygen atoms in total. The van der Waals surface area contributed by atoms with Crippen molar-refractivity contribution in [1.82, 2.24) is 10.2 Å². The molecule has 0 radical (unpaired) electrons. The van der Waals surface area contributed by atoms with Gasteiger partial charge in [-0.25, -0.2) is 0 Å². The normalized spacial score (nSPS) is 15.8. The number of carbonyl (C=O) groups is 2. The number of nitrogens with zero attached hydrogens (tertiary/aromatic N) is 2. The molecule has 1 aliphatic carbocycles. The van der Waals surface area contributed by atoms with Crippen molar-refractivity contribution in [3.05, 3.63) is 29.8 Å². The Hall–Kier alpha value is -1.88. The molecular weight excluding hydrogens is 314 g/mol. The van der Waals surface area contributed by atoms with Crippen molar-refractivity contribution in [2.24, 2.45) is 11.3 Å². The Balaban J connectivity index is 2.15. The van der Waals surface area contributed by atoms with E-state index in [0.29, 0.717) is 11.3 Å². The molecule has 1 aliphatic rings. The summed E-state index contributed by atoms with van der Waals surface area (Å²) in [6.07, 6.45) is 1.90. The Morgan fingerprint density at radius 3 is 2.36 bits per heavy atom. The second-order valence-electron chi connectivity index (χ2n) is 8.11. The molecule has 2 rings (SSSR count). The fraction of sp³-hybridized carbons (Fsp3) is 0.600. The molecule has 1 aromatic carbocycles. The number of hydrogen-bond donors (Lipinski definition) is 1. The van der Waals surface area contributed by atoms with Crippen molar-refractivity contribution in [3.8, 4) is 0 Å². The average Bonchev–Trinajstić information content (AvgIpc) is 3.37. The van der Waals surface area contributed by atoms with Gasteiger partial charge in [0.15, 0.2) is 0 Å². The number of nitrogens with one attached hydrogen (secondary N) is 1. The highest BCUT2D eigenvalue weighted by Crippen LogP contribution is 2.33. The maximum absolute atomic E-state index is 12.9. The standard InChI is InChI=1S/C20H31N3O2/c1-14(20(2,3)13-22(4)5)21-18(24)16-9-7-8-10-17(16)23(6)19(25)15-11-12-15/h7-10,14-15H,11-13H2,1-6H3,(H,21,24). The lowest BCUT2D eigenvalue weighted by atomic mass is 9.84. The predicted octanol–water partition coefficient (Wildman–Crippen LogP) is 2.77. The topological polar surface area (TPSA) is 52.7 Å². The van der Waals surface area contributed by atoms with Gasteiger partial charge in [0.25, 0.3) is 5.91 Å². The van der Waals surface area contributed by atoms with Crippen LogP contribution in [0.1, 0.15) is 44.0 Å². The highest BCUT2D eigenvalue weighted by atomic mass is 16.2. The van der Waals surface area contributed by atoms with Gasteiger partial charge < -0.3 is 15.1 Å². The zero-order valence-corrected chi connectivity index (χ0v) is 16.3. The SMILES string of the molecule is CC(NC(=O)c1ccccc1N(C)C(=O)C1CC1)C(C)(C)CN(C)C. The second-order valence-corrected chi connectivity index (χ2v) is 8.11. The van der Waals surface area contributed by atoms with Crippen molar-refractivity contribution >= 4 is 17.5 Å². The van der Waals surface area contributed by atoms with E-state index < -0.39 is 0 Å². The first-order chi connectivity index (χ1) is 11.6. The molecule has 138 valence electrons. The van der Waals surface area contributed by atoms with Crippen LogP contribution in [0.4, 0.5) is 5.69 Å². The van der Waals surface area contributed by atoms with Crippen molar-refractivity contribution in [3.63, 3.8) is 0 Å². The number of carbonyl (C=O) groups excluding carboxylic acids is 2. The van der Waals surface area contributed by atoms with Crippen molar-refractivity contribution in [1.29, 1.82) is 0 Å². The van der Waals surface area contributed by atoms with Crippen LogP contribution in [0.3, 0.4) is 0 Å². The van der Waals surface area contributed by atoms with Gasteiger partial charge in [-0.3, -0.25) is 9.59 Å². The number of rotatable bonds is 7. The minimum absolute atomic E-state index is 0.0000964. The van der Waals surface area contributed by atoms with Crippen LogP contribution in [0, 0.1) is 11.3 Å². The summed E-state index contributed by atoms with van der Waals surface area (Å²) in [7, 11) is 5.82. The van der Waals surface area contributed by atoms with Gasteiger partial charge in [-0.05, 0) is 51.4 Å². The summed E-state index contributed by atoms with van der Waals surface area (Å²) in [6, 6.07) is 7.32. The lowest BCUT2D eigenvalue weighted by Gasteiger charge is -2.35. The van der Waals surface area contributed by atoms with E-state index in [4.69, 9.17) is 0 Å². The minimum atomic E-state index is -0.134. The van der Waals surface area contributed by atoms with Crippen LogP contribution in [0.25, 0.3) is 0 Å². The summed E-state index contributed by atoms with van der Waals surface area (Å²) in [5.41, 5.74) is 1.16. The van der Waals surface area contributed by atoms with Crippen molar-refractivity contribution in [2.75, 3.05) is 32.6 Å². The molecule has 1 saturated carbocycles. The Labute approximate surface area is 151 Å². The first-order valence-electron chi connectivity index (χ1n) is 8.95. The lowest BCUT2D eigenvalue weighted by molar-refractivity contribution is -0.119. The molecule has 1 unspecified atom stereocenters. The summed E-state index contributed by atoms with van der Waals surface area (Å²) in [5, 5.41) is 3.12. The van der Waals surface area contributed by atoms with Gasteiger partial charge in [-0.1, -0.05) is 26.0 Å². The number of anilines is 1. The number of amides is 2. The van der Waals surface area contributed by atoms with Crippen molar-refractivity contribution in [2.45, 2.75) is 39.7 Å². The Morgan fingerprint density at radius 1 is 1.20 bits per heavy atom.